The van der Waals surface area contributed by atoms with Crippen LogP contribution in [0.1, 0.15) is 94.2 Å². The summed E-state index contributed by atoms with van der Waals surface area (Å²) in [4.78, 5) is 0. The van der Waals surface area contributed by atoms with Crippen LogP contribution >= 0.6 is 0 Å². The molecular weight excluding hydrogens is 504 g/mol. The fourth-order valence-corrected chi connectivity index (χ4v) is 23.7. The van der Waals surface area contributed by atoms with Gasteiger partial charge in [-0.3, -0.25) is 0 Å². The Kier molecular flexibility index (Phi) is 9.87. The molecule has 0 amide bonds. The first-order chi connectivity index (χ1) is 16.9. The molecule has 3 aromatic carbocycles. The second-order valence-electron chi connectivity index (χ2n) is 13.4. The molecule has 0 heterocycles. The molecule has 1 aliphatic rings. The summed E-state index contributed by atoms with van der Waals surface area (Å²) in [6.45, 7) is 30.3. The first kappa shape index (κ1) is 31.6. The van der Waals surface area contributed by atoms with Gasteiger partial charge in [-0.2, -0.15) is 0 Å². The summed E-state index contributed by atoms with van der Waals surface area (Å²) in [5, 5.41) is 4.87. The Balaban J connectivity index is 0.00000380. The van der Waals surface area contributed by atoms with Gasteiger partial charge in [-0.25, -0.2) is 0 Å². The van der Waals surface area contributed by atoms with Gasteiger partial charge < -0.3 is 0 Å². The maximum Gasteiger partial charge on any atom is 1.00 e. The summed E-state index contributed by atoms with van der Waals surface area (Å²) in [6.07, 6.45) is 0. The molecule has 0 spiro atoms. The number of fused-ring (bicyclic) bond motifs is 5. The van der Waals surface area contributed by atoms with Crippen LogP contribution in [0.15, 0.2) is 48.5 Å². The van der Waals surface area contributed by atoms with Crippen LogP contribution in [0.3, 0.4) is 0 Å². The summed E-state index contributed by atoms with van der Waals surface area (Å²) in [5.41, 5.74) is 12.3. The van der Waals surface area contributed by atoms with Gasteiger partial charge in [0.1, 0.15) is 0 Å². The molecule has 195 valence electrons. The van der Waals surface area contributed by atoms with E-state index in [1.165, 1.54) is 10.9 Å². The molecule has 0 saturated carbocycles. The van der Waals surface area contributed by atoms with Crippen LogP contribution < -0.4 is 56.6 Å². The van der Waals surface area contributed by atoms with Crippen LogP contribution in [-0.4, -0.2) is 16.1 Å². The van der Waals surface area contributed by atoms with Crippen molar-refractivity contribution < 1.29 is 51.4 Å². The van der Waals surface area contributed by atoms with Gasteiger partial charge in [0.2, 0.25) is 0 Å². The molecule has 3 aromatic rings. The maximum absolute atomic E-state index is 2.53. The Bertz CT molecular complexity index is 1180. The van der Waals surface area contributed by atoms with Crippen LogP contribution in [0.4, 0.5) is 0 Å². The third kappa shape index (κ3) is 4.37. The van der Waals surface area contributed by atoms with Crippen molar-refractivity contribution in [3.05, 3.63) is 65.2 Å². The Morgan fingerprint density at radius 1 is 0.541 bits per heavy atom. The largest absolute Gasteiger partial charge is 1.00 e. The molecule has 37 heavy (non-hydrogen) atoms. The zero-order valence-corrected chi connectivity index (χ0v) is 31.2. The Morgan fingerprint density at radius 2 is 0.973 bits per heavy atom. The molecule has 0 saturated heterocycles. The van der Waals surface area contributed by atoms with Crippen molar-refractivity contribution in [3.8, 4) is 11.1 Å². The fraction of sp³-hybridized carbons (Fsp3) is 0.529. The third-order valence-electron chi connectivity index (χ3n) is 10.3. The predicted octanol–water partition coefficient (Wildman–Crippen LogP) is 7.62. The minimum absolute atomic E-state index is 0. The van der Waals surface area contributed by atoms with Crippen LogP contribution in [0.5, 0.6) is 0 Å². The molecule has 3 heteroatoms. The monoisotopic (exact) mass is 553 g/mol. The van der Waals surface area contributed by atoms with Gasteiger partial charge in [0.15, 0.2) is 0 Å². The second-order valence-corrected chi connectivity index (χ2v) is 25.0. The van der Waals surface area contributed by atoms with E-state index in [-0.39, 0.29) is 51.4 Å². The summed E-state index contributed by atoms with van der Waals surface area (Å²) in [5.74, 6) is 0. The summed E-state index contributed by atoms with van der Waals surface area (Å²) in [7, 11) is -3.82. The second kappa shape index (κ2) is 11.5. The van der Waals surface area contributed by atoms with E-state index in [1.54, 1.807) is 32.8 Å². The maximum atomic E-state index is 2.53. The van der Waals surface area contributed by atoms with Gasteiger partial charge >= 0.3 is 51.4 Å². The number of rotatable bonds is 8. The SMILES string of the molecule is CC(C)[Si]([C]1c2ccccc2-c2c1c1ccccc1[c-]2[Si](C(C)C)(C(C)C)C(C)C)(C(C)C)C(C)C.[K+]. The minimum atomic E-state index is -1.91. The molecule has 0 aromatic heterocycles. The number of hydrogen-bond acceptors (Lipinski definition) is 0. The predicted molar refractivity (Wildman–Crippen MR) is 168 cm³/mol. The quantitative estimate of drug-likeness (QED) is 0.199. The molecule has 0 atom stereocenters. The smallest absolute Gasteiger partial charge is 0.122 e. The molecular formula is C34H50KSi2. The van der Waals surface area contributed by atoms with Gasteiger partial charge in [0.05, 0.1) is 16.1 Å². The van der Waals surface area contributed by atoms with Crippen molar-refractivity contribution in [1.29, 1.82) is 0 Å². The molecule has 1 radical (unpaired) electrons. The first-order valence-corrected chi connectivity index (χ1v) is 19.0. The summed E-state index contributed by atoms with van der Waals surface area (Å²) < 4.78 is 0. The molecule has 4 rings (SSSR count). The molecule has 0 fully saturated rings. The van der Waals surface area contributed by atoms with E-state index in [9.17, 15) is 0 Å². The summed E-state index contributed by atoms with van der Waals surface area (Å²) >= 11 is 0. The van der Waals surface area contributed by atoms with Gasteiger partial charge in [0.25, 0.3) is 0 Å². The summed E-state index contributed by atoms with van der Waals surface area (Å²) in [6, 6.07) is 19.0. The van der Waals surface area contributed by atoms with Crippen molar-refractivity contribution in [2.24, 2.45) is 0 Å². The van der Waals surface area contributed by atoms with Gasteiger partial charge in [-0.15, -0.1) is 33.2 Å². The van der Waals surface area contributed by atoms with Gasteiger partial charge in [0, 0.05) is 0 Å². The molecule has 0 N–H and O–H groups in total. The zero-order chi connectivity index (χ0) is 26.7. The van der Waals surface area contributed by atoms with E-state index < -0.39 is 16.1 Å². The molecule has 0 aliphatic heterocycles. The van der Waals surface area contributed by atoms with E-state index in [0.717, 1.165) is 0 Å². The number of benzene rings is 2. The van der Waals surface area contributed by atoms with Crippen molar-refractivity contribution in [2.75, 3.05) is 0 Å². The Labute approximate surface area is 273 Å². The number of hydrogen-bond donors (Lipinski definition) is 0. The molecule has 1 aliphatic carbocycles. The van der Waals surface area contributed by atoms with E-state index in [1.807, 2.05) is 0 Å². The van der Waals surface area contributed by atoms with E-state index in [2.05, 4.69) is 132 Å². The molecule has 0 bridgehead atoms. The van der Waals surface area contributed by atoms with E-state index >= 15 is 0 Å². The third-order valence-corrected chi connectivity index (χ3v) is 24.5. The molecule has 0 nitrogen and oxygen atoms in total. The minimum Gasteiger partial charge on any atom is -0.122 e. The van der Waals surface area contributed by atoms with Crippen molar-refractivity contribution in [1.82, 2.24) is 0 Å². The van der Waals surface area contributed by atoms with Crippen LogP contribution in [0.2, 0.25) is 33.2 Å². The standard InChI is InChI=1S/C34H50Si2.K/c1-21(2)35(22(3)4,23(5)6)33-29-19-15-13-17-27(29)32-31(33)28-18-14-16-20-30(28)34(32)36(24(7)8,25(9)10)26(11)12;/h13-26H,1-12H3;/q-1;+1. The Morgan fingerprint density at radius 3 is 1.43 bits per heavy atom. The van der Waals surface area contributed by atoms with Crippen LogP contribution in [0.25, 0.3) is 21.9 Å². The average Bonchev–Trinajstić information content (AvgIpc) is 3.28. The topological polar surface area (TPSA) is 0 Å². The fourth-order valence-electron chi connectivity index (χ4n) is 9.53. The normalized spacial score (nSPS) is 14.5. The van der Waals surface area contributed by atoms with E-state index in [4.69, 9.17) is 0 Å². The van der Waals surface area contributed by atoms with Crippen molar-refractivity contribution in [3.63, 3.8) is 0 Å². The van der Waals surface area contributed by atoms with Crippen molar-refractivity contribution >= 4 is 32.1 Å². The first-order valence-electron chi connectivity index (χ1n) is 14.6. The van der Waals surface area contributed by atoms with Gasteiger partial charge in [-0.05, 0) is 5.54 Å². The Hall–Kier alpha value is 0.120. The molecule has 0 unspecified atom stereocenters. The van der Waals surface area contributed by atoms with Crippen molar-refractivity contribution in [2.45, 2.75) is 116 Å². The van der Waals surface area contributed by atoms with Crippen LogP contribution in [-0.2, 0) is 0 Å². The average molecular weight is 554 g/mol. The zero-order valence-electron chi connectivity index (χ0n) is 26.1. The van der Waals surface area contributed by atoms with Crippen LogP contribution in [0, 0.1) is 5.54 Å². The van der Waals surface area contributed by atoms with E-state index in [0.29, 0.717) is 33.2 Å². The van der Waals surface area contributed by atoms with Gasteiger partial charge in [-0.1, -0.05) is 170 Å².